The highest BCUT2D eigenvalue weighted by Gasteiger charge is 2.33. The molecule has 0 spiro atoms. The van der Waals surface area contributed by atoms with Crippen LogP contribution in [0.3, 0.4) is 0 Å². The molecule has 1 heterocycles. The Labute approximate surface area is 197 Å². The number of benzene rings is 1. The van der Waals surface area contributed by atoms with Crippen LogP contribution in [0, 0.1) is 0 Å². The molecule has 0 radical (unpaired) electrons. The predicted octanol–water partition coefficient (Wildman–Crippen LogP) is 5.62. The SMILES string of the molecule is CN(C)CCOC1=CC=CCC1(C)NC(=O)c1ccc(Cl)c(-c2cnc(Cl)cc2Cl)c1. The first-order valence-corrected chi connectivity index (χ1v) is 10.9. The lowest BCUT2D eigenvalue weighted by molar-refractivity contribution is 0.0855. The second-order valence-electron chi connectivity index (χ2n) is 7.78. The molecule has 1 amide bonds. The van der Waals surface area contributed by atoms with Crippen LogP contribution in [0.25, 0.3) is 11.1 Å². The molecule has 1 aliphatic carbocycles. The normalized spacial score (nSPS) is 18.1. The molecule has 2 aromatic rings. The van der Waals surface area contributed by atoms with Crippen molar-refractivity contribution in [1.29, 1.82) is 0 Å². The second kappa shape index (κ2) is 10.0. The van der Waals surface area contributed by atoms with Crippen LogP contribution in [0.4, 0.5) is 0 Å². The van der Waals surface area contributed by atoms with Crippen molar-refractivity contribution in [1.82, 2.24) is 15.2 Å². The highest BCUT2D eigenvalue weighted by Crippen LogP contribution is 2.35. The predicted molar refractivity (Wildman–Crippen MR) is 127 cm³/mol. The van der Waals surface area contributed by atoms with Gasteiger partial charge in [0, 0.05) is 34.5 Å². The topological polar surface area (TPSA) is 54.5 Å². The molecule has 0 saturated heterocycles. The van der Waals surface area contributed by atoms with Gasteiger partial charge in [0.15, 0.2) is 0 Å². The van der Waals surface area contributed by atoms with E-state index in [0.29, 0.717) is 39.8 Å². The highest BCUT2D eigenvalue weighted by atomic mass is 35.5. The van der Waals surface area contributed by atoms with Crippen LogP contribution in [0.2, 0.25) is 15.2 Å². The number of likely N-dealkylation sites (N-methyl/N-ethyl adjacent to an activating group) is 1. The van der Waals surface area contributed by atoms with E-state index in [2.05, 4.69) is 10.3 Å². The van der Waals surface area contributed by atoms with Crippen LogP contribution >= 0.6 is 34.8 Å². The number of carbonyl (C=O) groups excluding carboxylic acids is 1. The zero-order valence-corrected chi connectivity index (χ0v) is 19.9. The molecule has 0 fully saturated rings. The van der Waals surface area contributed by atoms with Gasteiger partial charge in [-0.15, -0.1) is 0 Å². The minimum absolute atomic E-state index is 0.240. The third-order valence-corrected chi connectivity index (χ3v) is 5.83. The molecule has 0 bridgehead atoms. The Balaban J connectivity index is 1.83. The van der Waals surface area contributed by atoms with Crippen LogP contribution in [0.5, 0.6) is 0 Å². The number of halogens is 3. The van der Waals surface area contributed by atoms with Crippen molar-refractivity contribution in [2.24, 2.45) is 0 Å². The molecule has 5 nitrogen and oxygen atoms in total. The smallest absolute Gasteiger partial charge is 0.252 e. The Hall–Kier alpha value is -2.05. The van der Waals surface area contributed by atoms with Gasteiger partial charge < -0.3 is 15.0 Å². The number of carbonyl (C=O) groups is 1. The lowest BCUT2D eigenvalue weighted by Crippen LogP contribution is -2.48. The standard InChI is InChI=1S/C23H24Cl3N3O2/c1-23(9-5-4-6-20(23)31-11-10-29(2)3)28-22(30)15-7-8-18(24)16(12-15)17-14-27-21(26)13-19(17)25/h4-8,12-14H,9-11H2,1-3H3,(H,28,30). The van der Waals surface area contributed by atoms with Gasteiger partial charge in [-0.25, -0.2) is 4.98 Å². The van der Waals surface area contributed by atoms with E-state index in [4.69, 9.17) is 39.5 Å². The van der Waals surface area contributed by atoms with E-state index in [9.17, 15) is 4.79 Å². The minimum atomic E-state index is -0.655. The monoisotopic (exact) mass is 479 g/mol. The molecule has 1 N–H and O–H groups in total. The van der Waals surface area contributed by atoms with Gasteiger partial charge in [0.25, 0.3) is 5.91 Å². The maximum atomic E-state index is 13.1. The van der Waals surface area contributed by atoms with Crippen LogP contribution in [0.15, 0.2) is 54.4 Å². The van der Waals surface area contributed by atoms with Crippen LogP contribution in [-0.4, -0.2) is 48.6 Å². The molecule has 0 aliphatic heterocycles. The molecule has 1 aliphatic rings. The van der Waals surface area contributed by atoms with Crippen molar-refractivity contribution in [3.8, 4) is 11.1 Å². The number of amides is 1. The maximum absolute atomic E-state index is 13.1. The van der Waals surface area contributed by atoms with Crippen molar-refractivity contribution in [2.75, 3.05) is 27.2 Å². The number of nitrogens with one attached hydrogen (secondary N) is 1. The number of nitrogens with zero attached hydrogens (tertiary/aromatic N) is 2. The average molecular weight is 481 g/mol. The Morgan fingerprint density at radius 2 is 1.97 bits per heavy atom. The number of allylic oxidation sites excluding steroid dienone is 2. The minimum Gasteiger partial charge on any atom is -0.494 e. The van der Waals surface area contributed by atoms with Crippen molar-refractivity contribution in [3.05, 3.63) is 75.2 Å². The number of pyridine rings is 1. The van der Waals surface area contributed by atoms with Gasteiger partial charge in [-0.3, -0.25) is 4.79 Å². The van der Waals surface area contributed by atoms with E-state index < -0.39 is 5.54 Å². The molecule has 3 rings (SSSR count). The second-order valence-corrected chi connectivity index (χ2v) is 8.98. The third-order valence-electron chi connectivity index (χ3n) is 4.98. The van der Waals surface area contributed by atoms with Gasteiger partial charge in [-0.2, -0.15) is 0 Å². The van der Waals surface area contributed by atoms with Crippen LogP contribution in [-0.2, 0) is 4.74 Å². The van der Waals surface area contributed by atoms with Gasteiger partial charge >= 0.3 is 0 Å². The summed E-state index contributed by atoms with van der Waals surface area (Å²) in [5.74, 6) is 0.486. The number of aromatic nitrogens is 1. The molecule has 0 saturated carbocycles. The molecule has 8 heteroatoms. The summed E-state index contributed by atoms with van der Waals surface area (Å²) < 4.78 is 5.98. The summed E-state index contributed by atoms with van der Waals surface area (Å²) in [7, 11) is 3.97. The van der Waals surface area contributed by atoms with Gasteiger partial charge in [0.1, 0.15) is 17.5 Å². The number of rotatable bonds is 7. The van der Waals surface area contributed by atoms with Gasteiger partial charge in [-0.1, -0.05) is 47.0 Å². The Morgan fingerprint density at radius 3 is 2.68 bits per heavy atom. The van der Waals surface area contributed by atoms with E-state index in [-0.39, 0.29) is 11.1 Å². The summed E-state index contributed by atoms with van der Waals surface area (Å²) in [6.07, 6.45) is 8.01. The molecule has 1 unspecified atom stereocenters. The summed E-state index contributed by atoms with van der Waals surface area (Å²) >= 11 is 18.6. The Morgan fingerprint density at radius 1 is 1.19 bits per heavy atom. The van der Waals surface area contributed by atoms with Crippen molar-refractivity contribution in [2.45, 2.75) is 18.9 Å². The highest BCUT2D eigenvalue weighted by molar-refractivity contribution is 6.37. The van der Waals surface area contributed by atoms with E-state index in [1.807, 2.05) is 44.1 Å². The molecule has 1 aromatic carbocycles. The fourth-order valence-corrected chi connectivity index (χ4v) is 3.89. The average Bonchev–Trinajstić information content (AvgIpc) is 2.70. The van der Waals surface area contributed by atoms with Gasteiger partial charge in [-0.05, 0) is 57.8 Å². The summed E-state index contributed by atoms with van der Waals surface area (Å²) in [5.41, 5.74) is 1.01. The van der Waals surface area contributed by atoms with E-state index in [1.54, 1.807) is 30.5 Å². The Kier molecular flexibility index (Phi) is 7.65. The molecule has 164 valence electrons. The van der Waals surface area contributed by atoms with Crippen molar-refractivity contribution >= 4 is 40.7 Å². The zero-order valence-electron chi connectivity index (χ0n) is 17.6. The number of hydrogen-bond acceptors (Lipinski definition) is 4. The summed E-state index contributed by atoms with van der Waals surface area (Å²) in [4.78, 5) is 19.3. The van der Waals surface area contributed by atoms with Crippen molar-refractivity contribution in [3.63, 3.8) is 0 Å². The quantitative estimate of drug-likeness (QED) is 0.523. The van der Waals surface area contributed by atoms with Crippen molar-refractivity contribution < 1.29 is 9.53 Å². The molecule has 1 aromatic heterocycles. The van der Waals surface area contributed by atoms with Crippen LogP contribution < -0.4 is 5.32 Å². The van der Waals surface area contributed by atoms with Gasteiger partial charge in [0.2, 0.25) is 0 Å². The van der Waals surface area contributed by atoms with E-state index in [1.165, 1.54) is 0 Å². The van der Waals surface area contributed by atoms with E-state index in [0.717, 1.165) is 12.3 Å². The first-order valence-electron chi connectivity index (χ1n) is 9.78. The Bertz CT molecular complexity index is 1040. The summed E-state index contributed by atoms with van der Waals surface area (Å²) in [5, 5.41) is 4.26. The largest absolute Gasteiger partial charge is 0.494 e. The summed E-state index contributed by atoms with van der Waals surface area (Å²) in [6.45, 7) is 3.26. The fraction of sp³-hybridized carbons (Fsp3) is 0.304. The molecular weight excluding hydrogens is 457 g/mol. The van der Waals surface area contributed by atoms with Crippen LogP contribution in [0.1, 0.15) is 23.7 Å². The number of ether oxygens (including phenoxy) is 1. The lowest BCUT2D eigenvalue weighted by Gasteiger charge is -2.34. The first-order chi connectivity index (χ1) is 14.7. The lowest BCUT2D eigenvalue weighted by atomic mass is 9.90. The third kappa shape index (κ3) is 5.80. The summed E-state index contributed by atoms with van der Waals surface area (Å²) in [6, 6.07) is 6.59. The molecule has 31 heavy (non-hydrogen) atoms. The fourth-order valence-electron chi connectivity index (χ4n) is 3.20. The number of hydrogen-bond donors (Lipinski definition) is 1. The molecule has 1 atom stereocenters. The maximum Gasteiger partial charge on any atom is 0.252 e. The van der Waals surface area contributed by atoms with Gasteiger partial charge in [0.05, 0.1) is 10.6 Å². The van der Waals surface area contributed by atoms with E-state index >= 15 is 0 Å². The zero-order chi connectivity index (χ0) is 22.6. The molecular formula is C23H24Cl3N3O2. The first kappa shape index (κ1) is 23.6.